The second-order valence-corrected chi connectivity index (χ2v) is 4.59. The minimum atomic E-state index is 0.607. The van der Waals surface area contributed by atoms with Gasteiger partial charge in [-0.05, 0) is 36.5 Å². The summed E-state index contributed by atoms with van der Waals surface area (Å²) in [4.78, 5) is 0. The number of hydrogen-bond acceptors (Lipinski definition) is 0. The Hall–Kier alpha value is -0.0100. The molecular formula is C11H14BrCl. The van der Waals surface area contributed by atoms with Crippen LogP contribution in [0, 0.1) is 6.92 Å². The lowest BCUT2D eigenvalue weighted by atomic mass is 9.97. The summed E-state index contributed by atoms with van der Waals surface area (Å²) >= 11 is 9.41. The molecule has 1 atom stereocenters. The quantitative estimate of drug-likeness (QED) is 0.701. The van der Waals surface area contributed by atoms with Gasteiger partial charge in [0.1, 0.15) is 0 Å². The smallest absolute Gasteiger partial charge is 0.0435 e. The van der Waals surface area contributed by atoms with Gasteiger partial charge in [0.15, 0.2) is 0 Å². The van der Waals surface area contributed by atoms with E-state index >= 15 is 0 Å². The predicted molar refractivity (Wildman–Crippen MR) is 63.0 cm³/mol. The maximum absolute atomic E-state index is 5.95. The van der Waals surface area contributed by atoms with Crippen molar-refractivity contribution in [2.75, 3.05) is 5.33 Å². The van der Waals surface area contributed by atoms with E-state index in [1.54, 1.807) is 0 Å². The fraction of sp³-hybridized carbons (Fsp3) is 0.455. The summed E-state index contributed by atoms with van der Waals surface area (Å²) in [5.74, 6) is 0.607. The SMILES string of the molecule is Cc1cc(C(C)CCBr)ccc1Cl. The topological polar surface area (TPSA) is 0 Å². The summed E-state index contributed by atoms with van der Waals surface area (Å²) in [6.45, 7) is 4.29. The van der Waals surface area contributed by atoms with Crippen LogP contribution in [-0.4, -0.2) is 5.33 Å². The Morgan fingerprint density at radius 1 is 1.46 bits per heavy atom. The summed E-state index contributed by atoms with van der Waals surface area (Å²) in [6.07, 6.45) is 1.17. The normalized spacial score (nSPS) is 12.9. The van der Waals surface area contributed by atoms with E-state index in [2.05, 4.69) is 35.0 Å². The lowest BCUT2D eigenvalue weighted by Gasteiger charge is -2.11. The van der Waals surface area contributed by atoms with Gasteiger partial charge < -0.3 is 0 Å². The zero-order chi connectivity index (χ0) is 9.84. The Bertz CT molecular complexity index is 283. The molecule has 0 radical (unpaired) electrons. The van der Waals surface area contributed by atoms with E-state index in [0.717, 1.165) is 10.4 Å². The first kappa shape index (κ1) is 11.1. The maximum Gasteiger partial charge on any atom is 0.0435 e. The standard InChI is InChI=1S/C11H14BrCl/c1-8(5-6-12)10-3-4-11(13)9(2)7-10/h3-4,7-8H,5-6H2,1-2H3. The Kier molecular flexibility index (Phi) is 4.27. The molecule has 0 aliphatic rings. The van der Waals surface area contributed by atoms with Gasteiger partial charge in [-0.3, -0.25) is 0 Å². The molecule has 0 saturated carbocycles. The maximum atomic E-state index is 5.95. The number of hydrogen-bond donors (Lipinski definition) is 0. The van der Waals surface area contributed by atoms with E-state index in [9.17, 15) is 0 Å². The van der Waals surface area contributed by atoms with E-state index < -0.39 is 0 Å². The summed E-state index contributed by atoms with van der Waals surface area (Å²) < 4.78 is 0. The van der Waals surface area contributed by atoms with Crippen LogP contribution in [0.4, 0.5) is 0 Å². The number of aryl methyl sites for hydroxylation is 1. The van der Waals surface area contributed by atoms with E-state index in [1.807, 2.05) is 13.0 Å². The van der Waals surface area contributed by atoms with Crippen LogP contribution in [0.15, 0.2) is 18.2 Å². The third-order valence-electron chi connectivity index (χ3n) is 2.29. The molecule has 1 aromatic carbocycles. The average molecular weight is 262 g/mol. The van der Waals surface area contributed by atoms with E-state index in [-0.39, 0.29) is 0 Å². The van der Waals surface area contributed by atoms with Gasteiger partial charge in [-0.15, -0.1) is 0 Å². The minimum Gasteiger partial charge on any atom is -0.0928 e. The van der Waals surface area contributed by atoms with Crippen LogP contribution < -0.4 is 0 Å². The second-order valence-electron chi connectivity index (χ2n) is 3.39. The Balaban J connectivity index is 2.84. The van der Waals surface area contributed by atoms with Crippen LogP contribution in [-0.2, 0) is 0 Å². The molecule has 72 valence electrons. The number of halogens is 2. The molecule has 0 saturated heterocycles. The first-order valence-electron chi connectivity index (χ1n) is 4.47. The highest BCUT2D eigenvalue weighted by molar-refractivity contribution is 9.09. The van der Waals surface area contributed by atoms with Gasteiger partial charge in [0.2, 0.25) is 0 Å². The summed E-state index contributed by atoms with van der Waals surface area (Å²) in [7, 11) is 0. The molecule has 0 aromatic heterocycles. The van der Waals surface area contributed by atoms with Crippen molar-refractivity contribution in [2.24, 2.45) is 0 Å². The average Bonchev–Trinajstić information content (AvgIpc) is 2.10. The highest BCUT2D eigenvalue weighted by Crippen LogP contribution is 2.24. The minimum absolute atomic E-state index is 0.607. The predicted octanol–water partition coefficient (Wildman–Crippen LogP) is 4.54. The Labute approximate surface area is 93.4 Å². The van der Waals surface area contributed by atoms with Crippen molar-refractivity contribution >= 4 is 27.5 Å². The van der Waals surface area contributed by atoms with Gasteiger partial charge in [0, 0.05) is 10.4 Å². The van der Waals surface area contributed by atoms with Crippen LogP contribution in [0.1, 0.15) is 30.4 Å². The van der Waals surface area contributed by atoms with E-state index in [0.29, 0.717) is 5.92 Å². The molecule has 1 unspecified atom stereocenters. The molecule has 2 heteroatoms. The van der Waals surface area contributed by atoms with E-state index in [4.69, 9.17) is 11.6 Å². The monoisotopic (exact) mass is 260 g/mol. The number of benzene rings is 1. The molecule has 0 fully saturated rings. The largest absolute Gasteiger partial charge is 0.0928 e. The third kappa shape index (κ3) is 2.99. The van der Waals surface area contributed by atoms with Crippen molar-refractivity contribution in [2.45, 2.75) is 26.2 Å². The summed E-state index contributed by atoms with van der Waals surface area (Å²) in [5, 5.41) is 1.91. The lowest BCUT2D eigenvalue weighted by Crippen LogP contribution is -1.94. The Morgan fingerprint density at radius 2 is 2.15 bits per heavy atom. The molecule has 0 bridgehead atoms. The van der Waals surface area contributed by atoms with Crippen molar-refractivity contribution in [3.05, 3.63) is 34.3 Å². The van der Waals surface area contributed by atoms with Crippen LogP contribution in [0.5, 0.6) is 0 Å². The van der Waals surface area contributed by atoms with Crippen LogP contribution in [0.3, 0.4) is 0 Å². The number of rotatable bonds is 3. The molecular weight excluding hydrogens is 247 g/mol. The fourth-order valence-corrected chi connectivity index (χ4v) is 2.11. The molecule has 1 aromatic rings. The van der Waals surface area contributed by atoms with Gasteiger partial charge in [0.25, 0.3) is 0 Å². The van der Waals surface area contributed by atoms with Crippen molar-refractivity contribution in [1.29, 1.82) is 0 Å². The lowest BCUT2D eigenvalue weighted by molar-refractivity contribution is 0.743. The molecule has 0 heterocycles. The first-order valence-corrected chi connectivity index (χ1v) is 5.97. The second kappa shape index (κ2) is 5.02. The van der Waals surface area contributed by atoms with Crippen molar-refractivity contribution in [3.63, 3.8) is 0 Å². The zero-order valence-corrected chi connectivity index (χ0v) is 10.3. The van der Waals surface area contributed by atoms with E-state index in [1.165, 1.54) is 17.5 Å². The molecule has 0 aliphatic heterocycles. The van der Waals surface area contributed by atoms with Gasteiger partial charge in [-0.25, -0.2) is 0 Å². The molecule has 0 spiro atoms. The van der Waals surface area contributed by atoms with Crippen LogP contribution >= 0.6 is 27.5 Å². The number of alkyl halides is 1. The van der Waals surface area contributed by atoms with Gasteiger partial charge in [-0.2, -0.15) is 0 Å². The van der Waals surface area contributed by atoms with Crippen LogP contribution in [0.2, 0.25) is 5.02 Å². The zero-order valence-electron chi connectivity index (χ0n) is 7.98. The third-order valence-corrected chi connectivity index (χ3v) is 3.18. The van der Waals surface area contributed by atoms with Gasteiger partial charge >= 0.3 is 0 Å². The molecule has 13 heavy (non-hydrogen) atoms. The first-order chi connectivity index (χ1) is 6.15. The van der Waals surface area contributed by atoms with Crippen molar-refractivity contribution in [1.82, 2.24) is 0 Å². The Morgan fingerprint density at radius 3 is 2.69 bits per heavy atom. The highest BCUT2D eigenvalue weighted by Gasteiger charge is 2.05. The van der Waals surface area contributed by atoms with Gasteiger partial charge in [-0.1, -0.05) is 46.6 Å². The van der Waals surface area contributed by atoms with Crippen molar-refractivity contribution < 1.29 is 0 Å². The molecule has 0 amide bonds. The molecule has 1 rings (SSSR count). The summed E-state index contributed by atoms with van der Waals surface area (Å²) in [6, 6.07) is 6.27. The van der Waals surface area contributed by atoms with Crippen molar-refractivity contribution in [3.8, 4) is 0 Å². The summed E-state index contributed by atoms with van der Waals surface area (Å²) in [5.41, 5.74) is 2.54. The molecule has 0 N–H and O–H groups in total. The molecule has 0 aliphatic carbocycles. The van der Waals surface area contributed by atoms with Crippen LogP contribution in [0.25, 0.3) is 0 Å². The van der Waals surface area contributed by atoms with Gasteiger partial charge in [0.05, 0.1) is 0 Å². The highest BCUT2D eigenvalue weighted by atomic mass is 79.9. The fourth-order valence-electron chi connectivity index (χ4n) is 1.30. The molecule has 0 nitrogen and oxygen atoms in total.